The summed E-state index contributed by atoms with van der Waals surface area (Å²) in [5.41, 5.74) is 1.47. The molecule has 1 atom stereocenters. The van der Waals surface area contributed by atoms with Crippen molar-refractivity contribution in [1.29, 1.82) is 0 Å². The Bertz CT molecular complexity index is 711. The molecule has 1 fully saturated rings. The molecule has 156 valence electrons. The molecule has 0 aliphatic carbocycles. The second-order valence-corrected chi connectivity index (χ2v) is 8.73. The van der Waals surface area contributed by atoms with Crippen molar-refractivity contribution in [2.45, 2.75) is 57.9 Å². The van der Waals surface area contributed by atoms with Crippen LogP contribution < -0.4 is 5.32 Å². The van der Waals surface area contributed by atoms with Crippen LogP contribution in [0, 0.1) is 5.92 Å². The van der Waals surface area contributed by atoms with E-state index in [1.165, 1.54) is 12.8 Å². The van der Waals surface area contributed by atoms with Crippen LogP contribution in [-0.4, -0.2) is 36.5 Å². The largest absolute Gasteiger partial charge is 0.353 e. The molecule has 0 saturated carbocycles. The minimum Gasteiger partial charge on any atom is -0.353 e. The maximum Gasteiger partial charge on any atom is 0.235 e. The van der Waals surface area contributed by atoms with E-state index in [0.717, 1.165) is 43.6 Å². The van der Waals surface area contributed by atoms with Gasteiger partial charge in [0.1, 0.15) is 0 Å². The molecule has 3 rings (SSSR count). The number of benzene rings is 2. The lowest BCUT2D eigenvalue weighted by atomic mass is 9.71. The molecule has 1 saturated heterocycles. The summed E-state index contributed by atoms with van der Waals surface area (Å²) < 4.78 is 0. The standard InChI is InChI=1S/C26H36N2O/c1-4-26(22-13-7-5-8-14-22,23-15-9-6-10-16-23)25(29)27-20-24(19-21(2)3)28-17-11-12-18-28/h5-10,13-16,21,24H,4,11-12,17-20H2,1-3H3,(H,27,29). The molecule has 29 heavy (non-hydrogen) atoms. The third kappa shape index (κ3) is 4.90. The minimum absolute atomic E-state index is 0.116. The minimum atomic E-state index is -0.657. The molecule has 0 radical (unpaired) electrons. The molecule has 2 aromatic carbocycles. The van der Waals surface area contributed by atoms with Crippen LogP contribution in [0.2, 0.25) is 0 Å². The molecule has 1 N–H and O–H groups in total. The molecule has 0 spiro atoms. The Balaban J connectivity index is 1.86. The van der Waals surface area contributed by atoms with E-state index in [1.807, 2.05) is 36.4 Å². The average molecular weight is 393 g/mol. The summed E-state index contributed by atoms with van der Waals surface area (Å²) in [6, 6.07) is 20.9. The summed E-state index contributed by atoms with van der Waals surface area (Å²) >= 11 is 0. The Morgan fingerprint density at radius 3 is 1.93 bits per heavy atom. The van der Waals surface area contributed by atoms with E-state index in [2.05, 4.69) is 55.3 Å². The van der Waals surface area contributed by atoms with Crippen molar-refractivity contribution < 1.29 is 4.79 Å². The Kier molecular flexibility index (Phi) is 7.49. The fourth-order valence-electron chi connectivity index (χ4n) is 4.82. The molecule has 1 amide bonds. The van der Waals surface area contributed by atoms with Gasteiger partial charge in [-0.2, -0.15) is 0 Å². The van der Waals surface area contributed by atoms with Crippen molar-refractivity contribution in [2.75, 3.05) is 19.6 Å². The monoisotopic (exact) mass is 392 g/mol. The van der Waals surface area contributed by atoms with Crippen molar-refractivity contribution in [3.63, 3.8) is 0 Å². The Hall–Kier alpha value is -2.13. The van der Waals surface area contributed by atoms with Crippen LogP contribution in [0.1, 0.15) is 57.6 Å². The molecule has 3 nitrogen and oxygen atoms in total. The molecule has 0 aromatic heterocycles. The van der Waals surface area contributed by atoms with Crippen molar-refractivity contribution in [1.82, 2.24) is 10.2 Å². The van der Waals surface area contributed by atoms with Crippen molar-refractivity contribution >= 4 is 5.91 Å². The van der Waals surface area contributed by atoms with Gasteiger partial charge < -0.3 is 5.32 Å². The van der Waals surface area contributed by atoms with Gasteiger partial charge in [0.15, 0.2) is 0 Å². The topological polar surface area (TPSA) is 32.3 Å². The lowest BCUT2D eigenvalue weighted by Crippen LogP contribution is -2.50. The van der Waals surface area contributed by atoms with Gasteiger partial charge in [-0.05, 0) is 55.8 Å². The number of carbonyl (C=O) groups is 1. The molecule has 1 aliphatic rings. The molecule has 3 heteroatoms. The van der Waals surface area contributed by atoms with Gasteiger partial charge in [-0.1, -0.05) is 81.4 Å². The second-order valence-electron chi connectivity index (χ2n) is 8.73. The predicted molar refractivity (Wildman–Crippen MR) is 121 cm³/mol. The van der Waals surface area contributed by atoms with E-state index in [9.17, 15) is 4.79 Å². The number of hydrogen-bond acceptors (Lipinski definition) is 2. The second kappa shape index (κ2) is 10.1. The highest BCUT2D eigenvalue weighted by molar-refractivity contribution is 5.92. The van der Waals surface area contributed by atoms with Gasteiger partial charge in [0.25, 0.3) is 0 Å². The molecule has 1 aliphatic heterocycles. The summed E-state index contributed by atoms with van der Waals surface area (Å²) in [7, 11) is 0. The van der Waals surface area contributed by atoms with E-state index in [4.69, 9.17) is 0 Å². The molecular weight excluding hydrogens is 356 g/mol. The molecule has 2 aromatic rings. The lowest BCUT2D eigenvalue weighted by molar-refractivity contribution is -0.125. The first-order valence-electron chi connectivity index (χ1n) is 11.2. The highest BCUT2D eigenvalue weighted by Gasteiger charge is 2.40. The maximum absolute atomic E-state index is 13.8. The van der Waals surface area contributed by atoms with Crippen LogP contribution in [0.4, 0.5) is 0 Å². The van der Waals surface area contributed by atoms with Crippen molar-refractivity contribution in [3.05, 3.63) is 71.8 Å². The zero-order valence-corrected chi connectivity index (χ0v) is 18.2. The van der Waals surface area contributed by atoms with Gasteiger partial charge >= 0.3 is 0 Å². The van der Waals surface area contributed by atoms with E-state index in [0.29, 0.717) is 12.0 Å². The number of nitrogens with one attached hydrogen (secondary N) is 1. The summed E-state index contributed by atoms with van der Waals surface area (Å²) in [5.74, 6) is 0.738. The van der Waals surface area contributed by atoms with Gasteiger partial charge in [-0.15, -0.1) is 0 Å². The van der Waals surface area contributed by atoms with E-state index < -0.39 is 5.41 Å². The fraction of sp³-hybridized carbons (Fsp3) is 0.500. The van der Waals surface area contributed by atoms with Gasteiger partial charge in [-0.3, -0.25) is 9.69 Å². The number of carbonyl (C=O) groups excluding carboxylic acids is 1. The normalized spacial score (nSPS) is 16.1. The average Bonchev–Trinajstić information content (AvgIpc) is 3.28. The summed E-state index contributed by atoms with van der Waals surface area (Å²) in [6.07, 6.45) is 4.40. The first-order valence-corrected chi connectivity index (χ1v) is 11.2. The number of nitrogens with zero attached hydrogens (tertiary/aromatic N) is 1. The Morgan fingerprint density at radius 2 is 1.48 bits per heavy atom. The highest BCUT2D eigenvalue weighted by atomic mass is 16.2. The van der Waals surface area contributed by atoms with Crippen molar-refractivity contribution in [2.24, 2.45) is 5.92 Å². The van der Waals surface area contributed by atoms with Crippen LogP contribution in [0.25, 0.3) is 0 Å². The maximum atomic E-state index is 13.8. The number of rotatable bonds is 9. The SMILES string of the molecule is CCC(C(=O)NCC(CC(C)C)N1CCCC1)(c1ccccc1)c1ccccc1. The summed E-state index contributed by atoms with van der Waals surface area (Å²) in [5, 5.41) is 3.37. The highest BCUT2D eigenvalue weighted by Crippen LogP contribution is 2.36. The molecule has 1 heterocycles. The number of amides is 1. The quantitative estimate of drug-likeness (QED) is 0.651. The molecule has 0 bridgehead atoms. The van der Waals surface area contributed by atoms with E-state index in [-0.39, 0.29) is 5.91 Å². The number of hydrogen-bond donors (Lipinski definition) is 1. The van der Waals surface area contributed by atoms with Gasteiger partial charge in [0, 0.05) is 12.6 Å². The smallest absolute Gasteiger partial charge is 0.235 e. The van der Waals surface area contributed by atoms with Crippen LogP contribution in [0.3, 0.4) is 0 Å². The van der Waals surface area contributed by atoms with Crippen molar-refractivity contribution in [3.8, 4) is 0 Å². The van der Waals surface area contributed by atoms with E-state index in [1.54, 1.807) is 0 Å². The van der Waals surface area contributed by atoms with Gasteiger partial charge in [-0.25, -0.2) is 0 Å². The fourth-order valence-corrected chi connectivity index (χ4v) is 4.82. The van der Waals surface area contributed by atoms with Gasteiger partial charge in [0.2, 0.25) is 5.91 Å². The van der Waals surface area contributed by atoms with Crippen LogP contribution in [0.5, 0.6) is 0 Å². The third-order valence-corrected chi connectivity index (χ3v) is 6.35. The Morgan fingerprint density at radius 1 is 0.966 bits per heavy atom. The molecule has 1 unspecified atom stereocenters. The van der Waals surface area contributed by atoms with E-state index >= 15 is 0 Å². The predicted octanol–water partition coefficient (Wildman–Crippen LogP) is 5.01. The lowest BCUT2D eigenvalue weighted by Gasteiger charge is -2.35. The Labute approximate surface area is 176 Å². The first-order chi connectivity index (χ1) is 14.1. The van der Waals surface area contributed by atoms with Crippen LogP contribution >= 0.6 is 0 Å². The summed E-state index contributed by atoms with van der Waals surface area (Å²) in [4.78, 5) is 16.3. The zero-order valence-electron chi connectivity index (χ0n) is 18.2. The summed E-state index contributed by atoms with van der Waals surface area (Å²) in [6.45, 7) is 9.70. The first kappa shape index (κ1) is 21.6. The van der Waals surface area contributed by atoms with Crippen LogP contribution in [-0.2, 0) is 10.2 Å². The van der Waals surface area contributed by atoms with Crippen LogP contribution in [0.15, 0.2) is 60.7 Å². The number of likely N-dealkylation sites (tertiary alicyclic amines) is 1. The zero-order chi connectivity index (χ0) is 20.7. The molecular formula is C26H36N2O. The van der Waals surface area contributed by atoms with Gasteiger partial charge in [0.05, 0.1) is 5.41 Å². The third-order valence-electron chi connectivity index (χ3n) is 6.35.